The minimum atomic E-state index is -3.17. The minimum absolute atomic E-state index is 0.231. The summed E-state index contributed by atoms with van der Waals surface area (Å²) in [4.78, 5) is 4.03. The number of halogens is 1. The van der Waals surface area contributed by atoms with Crippen molar-refractivity contribution in [3.8, 4) is 0 Å². The fourth-order valence-corrected chi connectivity index (χ4v) is 2.00. The SMILES string of the molecule is CN=C(NCCc1ccccc1F)NCC(C)(C)S(C)(=O)=O. The van der Waals surface area contributed by atoms with Crippen molar-refractivity contribution in [3.05, 3.63) is 35.6 Å². The molecule has 124 valence electrons. The molecule has 2 N–H and O–H groups in total. The molecule has 1 aromatic carbocycles. The first-order valence-corrected chi connectivity index (χ1v) is 8.94. The molecule has 0 spiro atoms. The molecule has 22 heavy (non-hydrogen) atoms. The van der Waals surface area contributed by atoms with Crippen LogP contribution < -0.4 is 10.6 Å². The highest BCUT2D eigenvalue weighted by Gasteiger charge is 2.30. The maximum absolute atomic E-state index is 13.5. The van der Waals surface area contributed by atoms with Gasteiger partial charge in [0.25, 0.3) is 0 Å². The number of sulfone groups is 1. The summed E-state index contributed by atoms with van der Waals surface area (Å²) in [6, 6.07) is 6.61. The van der Waals surface area contributed by atoms with Crippen LogP contribution in [-0.4, -0.2) is 45.5 Å². The summed E-state index contributed by atoms with van der Waals surface area (Å²) in [5, 5.41) is 6.03. The van der Waals surface area contributed by atoms with E-state index in [2.05, 4.69) is 15.6 Å². The van der Waals surface area contributed by atoms with Gasteiger partial charge in [-0.1, -0.05) is 18.2 Å². The molecule has 0 radical (unpaired) electrons. The third kappa shape index (κ3) is 5.29. The normalized spacial score (nSPS) is 13.0. The van der Waals surface area contributed by atoms with Crippen LogP contribution in [0.3, 0.4) is 0 Å². The zero-order chi connectivity index (χ0) is 16.8. The number of aliphatic imine (C=N–C) groups is 1. The summed E-state index contributed by atoms with van der Waals surface area (Å²) >= 11 is 0. The van der Waals surface area contributed by atoms with E-state index in [1.165, 1.54) is 12.3 Å². The molecule has 1 rings (SSSR count). The predicted molar refractivity (Wildman–Crippen MR) is 88.4 cm³/mol. The maximum atomic E-state index is 13.5. The van der Waals surface area contributed by atoms with Gasteiger partial charge in [0, 0.05) is 26.4 Å². The Balaban J connectivity index is 2.49. The molecule has 0 aromatic heterocycles. The van der Waals surface area contributed by atoms with Gasteiger partial charge in [0.15, 0.2) is 15.8 Å². The summed E-state index contributed by atoms with van der Waals surface area (Å²) in [5.74, 6) is 0.263. The Kier molecular flexibility index (Phi) is 6.34. The Hall–Kier alpha value is -1.63. The lowest BCUT2D eigenvalue weighted by Gasteiger charge is -2.24. The van der Waals surface area contributed by atoms with Crippen LogP contribution in [-0.2, 0) is 16.3 Å². The maximum Gasteiger partial charge on any atom is 0.191 e. The van der Waals surface area contributed by atoms with Crippen LogP contribution in [0.4, 0.5) is 4.39 Å². The molecule has 0 atom stereocenters. The third-order valence-electron chi connectivity index (χ3n) is 3.55. The highest BCUT2D eigenvalue weighted by Crippen LogP contribution is 2.13. The second-order valence-electron chi connectivity index (χ2n) is 5.73. The summed E-state index contributed by atoms with van der Waals surface area (Å²) in [6.07, 6.45) is 1.73. The van der Waals surface area contributed by atoms with Crippen molar-refractivity contribution in [1.82, 2.24) is 10.6 Å². The molecule has 5 nitrogen and oxygen atoms in total. The molecule has 0 unspecified atom stereocenters. The Morgan fingerprint density at radius 3 is 2.45 bits per heavy atom. The van der Waals surface area contributed by atoms with Gasteiger partial charge in [0.05, 0.1) is 4.75 Å². The average Bonchev–Trinajstić information content (AvgIpc) is 2.43. The van der Waals surface area contributed by atoms with Crippen molar-refractivity contribution in [2.45, 2.75) is 25.0 Å². The summed E-state index contributed by atoms with van der Waals surface area (Å²) < 4.78 is 35.9. The van der Waals surface area contributed by atoms with E-state index in [0.29, 0.717) is 24.5 Å². The Morgan fingerprint density at radius 1 is 1.27 bits per heavy atom. The smallest absolute Gasteiger partial charge is 0.191 e. The van der Waals surface area contributed by atoms with Gasteiger partial charge in [-0.15, -0.1) is 0 Å². The molecule has 0 aliphatic carbocycles. The standard InChI is InChI=1S/C15H24FN3O2S/c1-15(2,22(4,20)21)11-19-14(17-3)18-10-9-12-7-5-6-8-13(12)16/h5-8H,9-11H2,1-4H3,(H2,17,18,19). The lowest BCUT2D eigenvalue weighted by atomic mass is 10.1. The van der Waals surface area contributed by atoms with Crippen molar-refractivity contribution in [2.24, 2.45) is 4.99 Å². The second kappa shape index (κ2) is 7.58. The molecule has 0 fully saturated rings. The third-order valence-corrected chi connectivity index (χ3v) is 5.71. The highest BCUT2D eigenvalue weighted by molar-refractivity contribution is 7.92. The predicted octanol–water partition coefficient (Wildman–Crippen LogP) is 1.36. The average molecular weight is 329 g/mol. The van der Waals surface area contributed by atoms with E-state index < -0.39 is 14.6 Å². The highest BCUT2D eigenvalue weighted by atomic mass is 32.2. The zero-order valence-electron chi connectivity index (χ0n) is 13.5. The first kappa shape index (κ1) is 18.4. The van der Waals surface area contributed by atoms with Crippen molar-refractivity contribution >= 4 is 15.8 Å². The number of rotatable bonds is 6. The Labute approximate surface area is 132 Å². The first-order chi connectivity index (χ1) is 10.2. The van der Waals surface area contributed by atoms with Gasteiger partial charge in [-0.3, -0.25) is 4.99 Å². The minimum Gasteiger partial charge on any atom is -0.356 e. The van der Waals surface area contributed by atoms with E-state index in [-0.39, 0.29) is 12.4 Å². The lowest BCUT2D eigenvalue weighted by molar-refractivity contribution is 0.544. The molecule has 0 heterocycles. The molecule has 1 aromatic rings. The molecule has 0 saturated carbocycles. The molecule has 7 heteroatoms. The molecule has 0 saturated heterocycles. The zero-order valence-corrected chi connectivity index (χ0v) is 14.3. The van der Waals surface area contributed by atoms with Crippen LogP contribution >= 0.6 is 0 Å². The molecule has 0 aliphatic heterocycles. The summed E-state index contributed by atoms with van der Waals surface area (Å²) in [7, 11) is -1.57. The fourth-order valence-electron chi connectivity index (χ4n) is 1.67. The Bertz CT molecular complexity index is 627. The number of nitrogens with zero attached hydrogens (tertiary/aromatic N) is 1. The molecule has 0 bridgehead atoms. The van der Waals surface area contributed by atoms with E-state index in [1.807, 2.05) is 0 Å². The quantitative estimate of drug-likeness (QED) is 0.611. The molecule has 0 aliphatic rings. The van der Waals surface area contributed by atoms with Crippen LogP contribution in [0.15, 0.2) is 29.3 Å². The first-order valence-electron chi connectivity index (χ1n) is 7.05. The van der Waals surface area contributed by atoms with Crippen molar-refractivity contribution in [2.75, 3.05) is 26.4 Å². The van der Waals surface area contributed by atoms with Crippen LogP contribution in [0.2, 0.25) is 0 Å². The number of benzene rings is 1. The van der Waals surface area contributed by atoms with Crippen LogP contribution in [0.25, 0.3) is 0 Å². The number of nitrogens with one attached hydrogen (secondary N) is 2. The largest absolute Gasteiger partial charge is 0.356 e. The van der Waals surface area contributed by atoms with Crippen molar-refractivity contribution < 1.29 is 12.8 Å². The lowest BCUT2D eigenvalue weighted by Crippen LogP contribution is -2.48. The van der Waals surface area contributed by atoms with E-state index in [9.17, 15) is 12.8 Å². The topological polar surface area (TPSA) is 70.6 Å². The van der Waals surface area contributed by atoms with Crippen LogP contribution in [0.1, 0.15) is 19.4 Å². The molecular weight excluding hydrogens is 305 g/mol. The monoisotopic (exact) mass is 329 g/mol. The van der Waals surface area contributed by atoms with Gasteiger partial charge in [0.2, 0.25) is 0 Å². The summed E-state index contributed by atoms with van der Waals surface area (Å²) in [6.45, 7) is 4.05. The molecular formula is C15H24FN3O2S. The number of hydrogen-bond acceptors (Lipinski definition) is 3. The number of hydrogen-bond donors (Lipinski definition) is 2. The fraction of sp³-hybridized carbons (Fsp3) is 0.533. The van der Waals surface area contributed by atoms with Crippen molar-refractivity contribution in [1.29, 1.82) is 0 Å². The van der Waals surface area contributed by atoms with E-state index in [4.69, 9.17) is 0 Å². The van der Waals surface area contributed by atoms with Gasteiger partial charge in [-0.05, 0) is 31.9 Å². The molecule has 0 amide bonds. The van der Waals surface area contributed by atoms with Gasteiger partial charge in [-0.2, -0.15) is 0 Å². The van der Waals surface area contributed by atoms with Gasteiger partial charge in [-0.25, -0.2) is 12.8 Å². The summed E-state index contributed by atoms with van der Waals surface area (Å²) in [5.41, 5.74) is 0.627. The van der Waals surface area contributed by atoms with Gasteiger partial charge in [0.1, 0.15) is 5.82 Å². The van der Waals surface area contributed by atoms with E-state index in [1.54, 1.807) is 39.1 Å². The van der Waals surface area contributed by atoms with Gasteiger partial charge < -0.3 is 10.6 Å². The van der Waals surface area contributed by atoms with Crippen LogP contribution in [0.5, 0.6) is 0 Å². The second-order valence-corrected chi connectivity index (χ2v) is 8.38. The van der Waals surface area contributed by atoms with E-state index >= 15 is 0 Å². The van der Waals surface area contributed by atoms with E-state index in [0.717, 1.165) is 0 Å². The van der Waals surface area contributed by atoms with Crippen LogP contribution in [0, 0.1) is 5.82 Å². The van der Waals surface area contributed by atoms with Crippen molar-refractivity contribution in [3.63, 3.8) is 0 Å². The van der Waals surface area contributed by atoms with Gasteiger partial charge >= 0.3 is 0 Å². The Morgan fingerprint density at radius 2 is 1.91 bits per heavy atom. The number of guanidine groups is 1.